The number of carbonyl (C=O) groups is 1. The molecule has 1 aromatic carbocycles. The van der Waals surface area contributed by atoms with Crippen molar-refractivity contribution in [1.82, 2.24) is 14.3 Å². The van der Waals surface area contributed by atoms with Gasteiger partial charge in [-0.1, -0.05) is 48.3 Å². The van der Waals surface area contributed by atoms with E-state index in [1.807, 2.05) is 21.9 Å². The van der Waals surface area contributed by atoms with E-state index < -0.39 is 0 Å². The van der Waals surface area contributed by atoms with Crippen LogP contribution in [0.25, 0.3) is 11.7 Å². The molecule has 0 aliphatic carbocycles. The molecule has 2 aliphatic rings. The molecule has 0 bridgehead atoms. The molecule has 1 amide bonds. The van der Waals surface area contributed by atoms with Gasteiger partial charge in [-0.2, -0.15) is 0 Å². The van der Waals surface area contributed by atoms with E-state index in [0.717, 1.165) is 11.8 Å². The van der Waals surface area contributed by atoms with E-state index in [-0.39, 0.29) is 17.3 Å². The molecule has 2 saturated heterocycles. The first kappa shape index (κ1) is 23.3. The third kappa shape index (κ3) is 4.35. The fourth-order valence-corrected chi connectivity index (χ4v) is 5.50. The van der Waals surface area contributed by atoms with Crippen LogP contribution in [0.4, 0.5) is 15.9 Å². The van der Waals surface area contributed by atoms with Gasteiger partial charge in [0, 0.05) is 38.9 Å². The molecule has 0 atom stereocenters. The fourth-order valence-electron chi connectivity index (χ4n) is 4.24. The standard InChI is InChI=1S/C25H22FN5O2S2/c1-2-10-31-24(33)20(35-25(31)34)16-17-22(27-21-9-5-6-11-30(21)23(17)32)29-14-12-28(13-15-29)19-8-4-3-7-18(19)26/h2-9,11,16H,1,10,12-15H2/b20-16-. The maximum Gasteiger partial charge on any atom is 0.267 e. The fraction of sp³-hybridized carbons (Fsp3) is 0.200. The second-order valence-electron chi connectivity index (χ2n) is 8.09. The topological polar surface area (TPSA) is 61.2 Å². The molecule has 7 nitrogen and oxygen atoms in total. The maximum absolute atomic E-state index is 14.3. The van der Waals surface area contributed by atoms with Crippen molar-refractivity contribution in [3.63, 3.8) is 0 Å². The molecule has 5 rings (SSSR count). The van der Waals surface area contributed by atoms with E-state index in [1.165, 1.54) is 15.4 Å². The van der Waals surface area contributed by atoms with Gasteiger partial charge >= 0.3 is 0 Å². The number of nitrogens with zero attached hydrogens (tertiary/aromatic N) is 5. The Hall–Kier alpha value is -3.50. The van der Waals surface area contributed by atoms with Crippen molar-refractivity contribution in [2.75, 3.05) is 42.5 Å². The van der Waals surface area contributed by atoms with E-state index in [0.29, 0.717) is 64.7 Å². The summed E-state index contributed by atoms with van der Waals surface area (Å²) in [5.74, 6) is -0.0126. The number of hydrogen-bond acceptors (Lipinski definition) is 7. The predicted molar refractivity (Wildman–Crippen MR) is 142 cm³/mol. The SMILES string of the molecule is C=CCN1C(=O)/C(=C/c2c(N3CCN(c4ccccc4F)CC3)nc3ccccn3c2=O)SC1=S. The van der Waals surface area contributed by atoms with E-state index in [2.05, 4.69) is 6.58 Å². The summed E-state index contributed by atoms with van der Waals surface area (Å²) in [5, 5.41) is 0. The van der Waals surface area contributed by atoms with Crippen molar-refractivity contribution in [2.45, 2.75) is 0 Å². The molecule has 0 N–H and O–H groups in total. The normalized spacial score (nSPS) is 17.6. The summed E-state index contributed by atoms with van der Waals surface area (Å²) in [7, 11) is 0. The average Bonchev–Trinajstić information content (AvgIpc) is 3.14. The molecule has 35 heavy (non-hydrogen) atoms. The summed E-state index contributed by atoms with van der Waals surface area (Å²) in [5.41, 5.74) is 1.13. The highest BCUT2D eigenvalue weighted by molar-refractivity contribution is 8.26. The first-order valence-electron chi connectivity index (χ1n) is 11.1. The Balaban J connectivity index is 1.52. The zero-order valence-corrected chi connectivity index (χ0v) is 20.4. The van der Waals surface area contributed by atoms with Gasteiger partial charge in [0.1, 0.15) is 21.6 Å². The number of benzene rings is 1. The lowest BCUT2D eigenvalue weighted by Crippen LogP contribution is -2.47. The van der Waals surface area contributed by atoms with Crippen LogP contribution in [0.3, 0.4) is 0 Å². The van der Waals surface area contributed by atoms with Crippen molar-refractivity contribution < 1.29 is 9.18 Å². The lowest BCUT2D eigenvalue weighted by molar-refractivity contribution is -0.121. The number of thiocarbonyl (C=S) groups is 1. The van der Waals surface area contributed by atoms with Crippen LogP contribution in [0, 0.1) is 5.82 Å². The van der Waals surface area contributed by atoms with Gasteiger partial charge in [0.05, 0.1) is 16.2 Å². The van der Waals surface area contributed by atoms with Crippen LogP contribution in [0.5, 0.6) is 0 Å². The molecule has 0 unspecified atom stereocenters. The van der Waals surface area contributed by atoms with Crippen LogP contribution < -0.4 is 15.4 Å². The van der Waals surface area contributed by atoms with Crippen LogP contribution in [0.1, 0.15) is 5.56 Å². The smallest absolute Gasteiger partial charge is 0.267 e. The Labute approximate surface area is 211 Å². The molecule has 0 saturated carbocycles. The molecular weight excluding hydrogens is 485 g/mol. The van der Waals surface area contributed by atoms with E-state index in [9.17, 15) is 14.0 Å². The summed E-state index contributed by atoms with van der Waals surface area (Å²) in [6.45, 7) is 6.21. The van der Waals surface area contributed by atoms with Gasteiger partial charge in [-0.25, -0.2) is 9.37 Å². The number of para-hydroxylation sites is 1. The van der Waals surface area contributed by atoms with Gasteiger partial charge in [-0.05, 0) is 30.3 Å². The van der Waals surface area contributed by atoms with Crippen LogP contribution >= 0.6 is 24.0 Å². The molecule has 2 fully saturated rings. The summed E-state index contributed by atoms with van der Waals surface area (Å²) in [4.78, 5) is 37.1. The van der Waals surface area contributed by atoms with Crippen molar-refractivity contribution >= 4 is 57.4 Å². The molecule has 178 valence electrons. The van der Waals surface area contributed by atoms with Crippen molar-refractivity contribution in [1.29, 1.82) is 0 Å². The zero-order valence-electron chi connectivity index (χ0n) is 18.8. The zero-order chi connectivity index (χ0) is 24.5. The number of piperazine rings is 1. The lowest BCUT2D eigenvalue weighted by atomic mass is 10.2. The highest BCUT2D eigenvalue weighted by Gasteiger charge is 2.32. The maximum atomic E-state index is 14.3. The lowest BCUT2D eigenvalue weighted by Gasteiger charge is -2.37. The number of halogens is 1. The van der Waals surface area contributed by atoms with Crippen LogP contribution in [0.2, 0.25) is 0 Å². The second-order valence-corrected chi connectivity index (χ2v) is 9.77. The number of anilines is 2. The molecular formula is C25H22FN5O2S2. The largest absolute Gasteiger partial charge is 0.366 e. The van der Waals surface area contributed by atoms with Crippen molar-refractivity contribution in [3.05, 3.63) is 88.0 Å². The Morgan fingerprint density at radius 2 is 1.77 bits per heavy atom. The summed E-state index contributed by atoms with van der Waals surface area (Å²) in [6.07, 6.45) is 4.86. The minimum absolute atomic E-state index is 0.257. The monoisotopic (exact) mass is 507 g/mol. The van der Waals surface area contributed by atoms with Gasteiger partial charge in [-0.3, -0.25) is 18.9 Å². The number of aromatic nitrogens is 2. The number of carbonyl (C=O) groups excluding carboxylic acids is 1. The summed E-state index contributed by atoms with van der Waals surface area (Å²) >= 11 is 6.51. The van der Waals surface area contributed by atoms with Crippen molar-refractivity contribution in [3.8, 4) is 0 Å². The third-order valence-corrected chi connectivity index (χ3v) is 7.36. The van der Waals surface area contributed by atoms with Gasteiger partial charge < -0.3 is 9.80 Å². The molecule has 4 heterocycles. The minimum atomic E-state index is -0.267. The summed E-state index contributed by atoms with van der Waals surface area (Å²) < 4.78 is 16.2. The van der Waals surface area contributed by atoms with Crippen LogP contribution in [0.15, 0.2) is 71.0 Å². The van der Waals surface area contributed by atoms with Gasteiger partial charge in [-0.15, -0.1) is 6.58 Å². The molecule has 2 aromatic heterocycles. The highest BCUT2D eigenvalue weighted by atomic mass is 32.2. The highest BCUT2D eigenvalue weighted by Crippen LogP contribution is 2.33. The minimum Gasteiger partial charge on any atom is -0.366 e. The van der Waals surface area contributed by atoms with Crippen molar-refractivity contribution in [2.24, 2.45) is 0 Å². The van der Waals surface area contributed by atoms with Gasteiger partial charge in [0.15, 0.2) is 0 Å². The number of fused-ring (bicyclic) bond motifs is 1. The number of thioether (sulfide) groups is 1. The average molecular weight is 508 g/mol. The number of rotatable bonds is 5. The Kier molecular flexibility index (Phi) is 6.40. The van der Waals surface area contributed by atoms with E-state index in [1.54, 1.807) is 42.6 Å². The van der Waals surface area contributed by atoms with Gasteiger partial charge in [0.2, 0.25) is 0 Å². The number of amides is 1. The first-order valence-corrected chi connectivity index (χ1v) is 12.3. The number of hydrogen-bond donors (Lipinski definition) is 0. The number of pyridine rings is 1. The van der Waals surface area contributed by atoms with Crippen LogP contribution in [-0.4, -0.2) is 57.2 Å². The van der Waals surface area contributed by atoms with E-state index in [4.69, 9.17) is 17.2 Å². The van der Waals surface area contributed by atoms with Crippen LogP contribution in [-0.2, 0) is 4.79 Å². The van der Waals surface area contributed by atoms with Gasteiger partial charge in [0.25, 0.3) is 11.5 Å². The molecule has 2 aliphatic heterocycles. The molecule has 10 heteroatoms. The molecule has 0 spiro atoms. The molecule has 0 radical (unpaired) electrons. The third-order valence-electron chi connectivity index (χ3n) is 5.98. The Bertz CT molecular complexity index is 1430. The molecule has 3 aromatic rings. The predicted octanol–water partition coefficient (Wildman–Crippen LogP) is 3.55. The summed E-state index contributed by atoms with van der Waals surface area (Å²) in [6, 6.07) is 12.1. The Morgan fingerprint density at radius 3 is 2.51 bits per heavy atom. The first-order chi connectivity index (χ1) is 17.0. The second kappa shape index (κ2) is 9.63. The Morgan fingerprint density at radius 1 is 1.06 bits per heavy atom. The van der Waals surface area contributed by atoms with E-state index >= 15 is 0 Å². The quantitative estimate of drug-likeness (QED) is 0.297.